The second kappa shape index (κ2) is 7.36. The Morgan fingerprint density at radius 3 is 1.95 bits per heavy atom. The van der Waals surface area contributed by atoms with E-state index in [0.717, 1.165) is 25.7 Å². The molecule has 19 heavy (non-hydrogen) atoms. The van der Waals surface area contributed by atoms with Crippen LogP contribution in [0.2, 0.25) is 0 Å². The Morgan fingerprint density at radius 1 is 0.842 bits per heavy atom. The van der Waals surface area contributed by atoms with Gasteiger partial charge in [0.2, 0.25) is 5.91 Å². The lowest BCUT2D eigenvalue weighted by Gasteiger charge is -2.14. The number of amides is 3. The Morgan fingerprint density at radius 2 is 1.37 bits per heavy atom. The lowest BCUT2D eigenvalue weighted by molar-refractivity contribution is -0.121. The van der Waals surface area contributed by atoms with E-state index in [1.54, 1.807) is 0 Å². The van der Waals surface area contributed by atoms with Crippen molar-refractivity contribution in [3.8, 4) is 0 Å². The Labute approximate surface area is 114 Å². The van der Waals surface area contributed by atoms with E-state index in [2.05, 4.69) is 16.0 Å². The van der Waals surface area contributed by atoms with Crippen molar-refractivity contribution in [1.29, 1.82) is 0 Å². The zero-order chi connectivity index (χ0) is 13.5. The highest BCUT2D eigenvalue weighted by Crippen LogP contribution is 2.18. The minimum atomic E-state index is -0.138. The molecule has 2 saturated carbocycles. The molecule has 0 aliphatic heterocycles. The van der Waals surface area contributed by atoms with E-state index in [-0.39, 0.29) is 11.9 Å². The Balaban J connectivity index is 1.52. The maximum absolute atomic E-state index is 11.6. The van der Waals surface area contributed by atoms with Crippen molar-refractivity contribution < 1.29 is 9.59 Å². The molecular weight excluding hydrogens is 242 g/mol. The van der Waals surface area contributed by atoms with Crippen molar-refractivity contribution in [1.82, 2.24) is 16.0 Å². The maximum atomic E-state index is 11.6. The number of hydrogen-bond donors (Lipinski definition) is 3. The van der Waals surface area contributed by atoms with Crippen LogP contribution < -0.4 is 16.0 Å². The molecule has 0 atom stereocenters. The van der Waals surface area contributed by atoms with Gasteiger partial charge in [-0.1, -0.05) is 25.7 Å². The molecule has 0 heterocycles. The van der Waals surface area contributed by atoms with Crippen LogP contribution in [0.1, 0.15) is 57.8 Å². The second-order valence-corrected chi connectivity index (χ2v) is 5.68. The summed E-state index contributed by atoms with van der Waals surface area (Å²) in [5, 5.41) is 8.71. The molecule has 0 aromatic carbocycles. The fourth-order valence-corrected chi connectivity index (χ4v) is 2.97. The highest BCUT2D eigenvalue weighted by atomic mass is 16.2. The summed E-state index contributed by atoms with van der Waals surface area (Å²) in [4.78, 5) is 23.2. The van der Waals surface area contributed by atoms with Crippen LogP contribution in [0.5, 0.6) is 0 Å². The third-order valence-electron chi connectivity index (χ3n) is 4.05. The van der Waals surface area contributed by atoms with Crippen LogP contribution in [0, 0.1) is 0 Å². The molecule has 0 spiro atoms. The van der Waals surface area contributed by atoms with Gasteiger partial charge >= 0.3 is 6.03 Å². The second-order valence-electron chi connectivity index (χ2n) is 5.68. The largest absolute Gasteiger partial charge is 0.353 e. The van der Waals surface area contributed by atoms with Gasteiger partial charge in [0.1, 0.15) is 0 Å². The molecule has 5 heteroatoms. The quantitative estimate of drug-likeness (QED) is 0.709. The van der Waals surface area contributed by atoms with Gasteiger partial charge in [-0.3, -0.25) is 4.79 Å². The van der Waals surface area contributed by atoms with E-state index in [1.807, 2.05) is 0 Å². The molecule has 5 nitrogen and oxygen atoms in total. The van der Waals surface area contributed by atoms with Gasteiger partial charge in [0, 0.05) is 25.0 Å². The van der Waals surface area contributed by atoms with Gasteiger partial charge in [-0.15, -0.1) is 0 Å². The first-order valence-corrected chi connectivity index (χ1v) is 7.58. The number of carbonyl (C=O) groups excluding carboxylic acids is 2. The minimum absolute atomic E-state index is 0.0491. The van der Waals surface area contributed by atoms with Crippen LogP contribution in [0.3, 0.4) is 0 Å². The summed E-state index contributed by atoms with van der Waals surface area (Å²) >= 11 is 0. The van der Waals surface area contributed by atoms with Gasteiger partial charge in [-0.25, -0.2) is 4.79 Å². The van der Waals surface area contributed by atoms with Gasteiger partial charge in [0.25, 0.3) is 0 Å². The fraction of sp³-hybridized carbons (Fsp3) is 0.857. The van der Waals surface area contributed by atoms with Gasteiger partial charge in [0.05, 0.1) is 0 Å². The summed E-state index contributed by atoms with van der Waals surface area (Å²) in [5.41, 5.74) is 0. The Hall–Kier alpha value is -1.26. The molecule has 0 aromatic rings. The lowest BCUT2D eigenvalue weighted by Crippen LogP contribution is -2.42. The summed E-state index contributed by atoms with van der Waals surface area (Å²) in [7, 11) is 0. The summed E-state index contributed by atoms with van der Waals surface area (Å²) in [6.45, 7) is 0.414. The van der Waals surface area contributed by atoms with E-state index >= 15 is 0 Å². The first-order chi connectivity index (χ1) is 9.24. The molecule has 0 unspecified atom stereocenters. The molecule has 0 saturated heterocycles. The predicted octanol–water partition coefficient (Wildman–Crippen LogP) is 1.68. The number of nitrogens with one attached hydrogen (secondary N) is 3. The lowest BCUT2D eigenvalue weighted by atomic mass is 10.2. The Bertz CT molecular complexity index is 278. The number of urea groups is 1. The van der Waals surface area contributed by atoms with Crippen LogP contribution in [-0.2, 0) is 4.79 Å². The normalized spacial score (nSPS) is 20.4. The van der Waals surface area contributed by atoms with E-state index < -0.39 is 0 Å². The van der Waals surface area contributed by atoms with Crippen molar-refractivity contribution in [2.45, 2.75) is 69.9 Å². The highest BCUT2D eigenvalue weighted by Gasteiger charge is 2.18. The molecule has 2 rings (SSSR count). The molecule has 108 valence electrons. The topological polar surface area (TPSA) is 70.2 Å². The summed E-state index contributed by atoms with van der Waals surface area (Å²) in [6, 6.07) is 0.549. The van der Waals surface area contributed by atoms with Crippen LogP contribution in [-0.4, -0.2) is 30.6 Å². The van der Waals surface area contributed by atoms with E-state index in [0.29, 0.717) is 25.0 Å². The van der Waals surface area contributed by atoms with Gasteiger partial charge in [-0.2, -0.15) is 0 Å². The first-order valence-electron chi connectivity index (χ1n) is 7.58. The highest BCUT2D eigenvalue weighted by molar-refractivity contribution is 5.78. The third-order valence-corrected chi connectivity index (χ3v) is 4.05. The van der Waals surface area contributed by atoms with Crippen molar-refractivity contribution >= 4 is 11.9 Å². The molecule has 0 aromatic heterocycles. The summed E-state index contributed by atoms with van der Waals surface area (Å²) < 4.78 is 0. The van der Waals surface area contributed by atoms with Crippen LogP contribution in [0.15, 0.2) is 0 Å². The molecule has 0 bridgehead atoms. The summed E-state index contributed by atoms with van der Waals surface area (Å²) in [5.74, 6) is 0.0491. The standard InChI is InChI=1S/C14H25N3O2/c18-13(16-11-5-1-2-6-11)9-10-15-14(19)17-12-7-3-4-8-12/h11-12H,1-10H2,(H,16,18)(H2,15,17,19). The van der Waals surface area contributed by atoms with Crippen molar-refractivity contribution in [3.63, 3.8) is 0 Å². The number of rotatable bonds is 5. The van der Waals surface area contributed by atoms with E-state index in [1.165, 1.54) is 25.7 Å². The van der Waals surface area contributed by atoms with Gasteiger partial charge in [-0.05, 0) is 25.7 Å². The zero-order valence-corrected chi connectivity index (χ0v) is 11.5. The molecule has 2 aliphatic rings. The Kier molecular flexibility index (Phi) is 5.48. The van der Waals surface area contributed by atoms with Gasteiger partial charge < -0.3 is 16.0 Å². The maximum Gasteiger partial charge on any atom is 0.315 e. The van der Waals surface area contributed by atoms with E-state index in [4.69, 9.17) is 0 Å². The fourth-order valence-electron chi connectivity index (χ4n) is 2.97. The number of hydrogen-bond acceptors (Lipinski definition) is 2. The zero-order valence-electron chi connectivity index (χ0n) is 11.5. The monoisotopic (exact) mass is 267 g/mol. The molecule has 3 N–H and O–H groups in total. The minimum Gasteiger partial charge on any atom is -0.353 e. The van der Waals surface area contributed by atoms with Crippen molar-refractivity contribution in [2.24, 2.45) is 0 Å². The van der Waals surface area contributed by atoms with Gasteiger partial charge in [0.15, 0.2) is 0 Å². The third kappa shape index (κ3) is 5.09. The van der Waals surface area contributed by atoms with Crippen molar-refractivity contribution in [2.75, 3.05) is 6.54 Å². The van der Waals surface area contributed by atoms with Crippen LogP contribution in [0.4, 0.5) is 4.79 Å². The molecule has 2 fully saturated rings. The molecule has 3 amide bonds. The van der Waals surface area contributed by atoms with Crippen molar-refractivity contribution in [3.05, 3.63) is 0 Å². The summed E-state index contributed by atoms with van der Waals surface area (Å²) in [6.07, 6.45) is 9.56. The first kappa shape index (κ1) is 14.2. The molecule has 0 radical (unpaired) electrons. The van der Waals surface area contributed by atoms with E-state index in [9.17, 15) is 9.59 Å². The van der Waals surface area contributed by atoms with Crippen LogP contribution in [0.25, 0.3) is 0 Å². The number of carbonyl (C=O) groups is 2. The average Bonchev–Trinajstić information content (AvgIpc) is 3.02. The smallest absolute Gasteiger partial charge is 0.315 e. The molecular formula is C14H25N3O2. The predicted molar refractivity (Wildman–Crippen MR) is 73.8 cm³/mol. The average molecular weight is 267 g/mol. The SMILES string of the molecule is O=C(CCNC(=O)NC1CCCC1)NC1CCCC1. The van der Waals surface area contributed by atoms with Crippen LogP contribution >= 0.6 is 0 Å². The molecule has 2 aliphatic carbocycles.